The Labute approximate surface area is 162 Å². The van der Waals surface area contributed by atoms with Crippen molar-refractivity contribution in [2.75, 3.05) is 26.2 Å². The quantitative estimate of drug-likeness (QED) is 0.793. The lowest BCUT2D eigenvalue weighted by atomic mass is 9.95. The van der Waals surface area contributed by atoms with Gasteiger partial charge in [-0.25, -0.2) is 0 Å². The van der Waals surface area contributed by atoms with E-state index in [9.17, 15) is 4.79 Å². The molecule has 0 unspecified atom stereocenters. The highest BCUT2D eigenvalue weighted by atomic mass is 35.5. The lowest BCUT2D eigenvalue weighted by Crippen LogP contribution is -2.49. The van der Waals surface area contributed by atoms with Gasteiger partial charge in [-0.2, -0.15) is 0 Å². The Kier molecular flexibility index (Phi) is 8.11. The molecule has 1 aliphatic carbocycles. The van der Waals surface area contributed by atoms with E-state index in [4.69, 9.17) is 0 Å². The highest BCUT2D eigenvalue weighted by Gasteiger charge is 2.45. The van der Waals surface area contributed by atoms with Crippen molar-refractivity contribution >= 4 is 30.1 Å². The van der Waals surface area contributed by atoms with Gasteiger partial charge in [-0.15, -0.1) is 24.2 Å². The number of carbonyl (C=O) groups excluding carboxylic acids is 1. The van der Waals surface area contributed by atoms with Crippen LogP contribution in [0.15, 0.2) is 35.2 Å². The van der Waals surface area contributed by atoms with Crippen LogP contribution in [-0.4, -0.2) is 41.7 Å². The highest BCUT2D eigenvalue weighted by Crippen LogP contribution is 2.46. The molecule has 25 heavy (non-hydrogen) atoms. The van der Waals surface area contributed by atoms with Crippen LogP contribution < -0.4 is 5.32 Å². The van der Waals surface area contributed by atoms with Gasteiger partial charge in [-0.05, 0) is 56.8 Å². The van der Waals surface area contributed by atoms with Crippen LogP contribution in [0.2, 0.25) is 0 Å². The molecule has 1 aliphatic heterocycles. The molecule has 140 valence electrons. The molecule has 3 rings (SSSR count). The fraction of sp³-hybridized carbons (Fsp3) is 0.650. The van der Waals surface area contributed by atoms with Crippen LogP contribution in [0.1, 0.15) is 45.4 Å². The van der Waals surface area contributed by atoms with Crippen LogP contribution in [-0.2, 0) is 4.79 Å². The van der Waals surface area contributed by atoms with Crippen molar-refractivity contribution in [2.45, 2.75) is 55.1 Å². The Morgan fingerprint density at radius 2 is 1.84 bits per heavy atom. The van der Waals surface area contributed by atoms with Crippen LogP contribution in [0.25, 0.3) is 0 Å². The lowest BCUT2D eigenvalue weighted by molar-refractivity contribution is -0.135. The van der Waals surface area contributed by atoms with Crippen molar-refractivity contribution < 1.29 is 4.79 Å². The van der Waals surface area contributed by atoms with Gasteiger partial charge in [0.15, 0.2) is 0 Å². The number of nitrogens with zero attached hydrogens (tertiary/aromatic N) is 1. The zero-order chi connectivity index (χ0) is 16.8. The van der Waals surface area contributed by atoms with E-state index in [1.165, 1.54) is 17.7 Å². The molecule has 0 aromatic heterocycles. The Bertz CT molecular complexity index is 526. The summed E-state index contributed by atoms with van der Waals surface area (Å²) in [4.78, 5) is 16.7. The molecule has 0 bridgehead atoms. The average Bonchev–Trinajstić information content (AvgIpc) is 3.10. The summed E-state index contributed by atoms with van der Waals surface area (Å²) in [6.07, 6.45) is 6.71. The third kappa shape index (κ3) is 5.15. The Morgan fingerprint density at radius 3 is 2.44 bits per heavy atom. The maximum absolute atomic E-state index is 13.3. The van der Waals surface area contributed by atoms with Crippen molar-refractivity contribution in [2.24, 2.45) is 5.92 Å². The lowest BCUT2D eigenvalue weighted by Gasteiger charge is -2.38. The Balaban J connectivity index is 0.00000225. The molecule has 2 fully saturated rings. The highest BCUT2D eigenvalue weighted by molar-refractivity contribution is 8.01. The zero-order valence-corrected chi connectivity index (χ0v) is 16.8. The second-order valence-electron chi connectivity index (χ2n) is 7.16. The fourth-order valence-corrected chi connectivity index (χ4v) is 5.45. The van der Waals surface area contributed by atoms with E-state index in [2.05, 4.69) is 41.4 Å². The maximum Gasteiger partial charge on any atom is 0.239 e. The van der Waals surface area contributed by atoms with Gasteiger partial charge < -0.3 is 10.2 Å². The number of benzene rings is 1. The molecule has 1 aromatic rings. The van der Waals surface area contributed by atoms with Crippen molar-refractivity contribution in [3.63, 3.8) is 0 Å². The van der Waals surface area contributed by atoms with Crippen LogP contribution in [0.3, 0.4) is 0 Å². The van der Waals surface area contributed by atoms with E-state index in [-0.39, 0.29) is 17.2 Å². The van der Waals surface area contributed by atoms with E-state index >= 15 is 0 Å². The van der Waals surface area contributed by atoms with Crippen LogP contribution >= 0.6 is 24.2 Å². The van der Waals surface area contributed by atoms with E-state index in [1.807, 2.05) is 17.8 Å². The van der Waals surface area contributed by atoms with Gasteiger partial charge in [0.2, 0.25) is 5.91 Å². The van der Waals surface area contributed by atoms with E-state index < -0.39 is 0 Å². The van der Waals surface area contributed by atoms with Gasteiger partial charge >= 0.3 is 0 Å². The van der Waals surface area contributed by atoms with Gasteiger partial charge in [-0.3, -0.25) is 4.79 Å². The number of nitrogens with one attached hydrogen (secondary N) is 1. The molecule has 1 saturated heterocycles. The fourth-order valence-electron chi connectivity index (χ4n) is 4.00. The molecule has 1 saturated carbocycles. The summed E-state index contributed by atoms with van der Waals surface area (Å²) in [5.74, 6) is 1.13. The summed E-state index contributed by atoms with van der Waals surface area (Å²) < 4.78 is -0.212. The third-order valence-electron chi connectivity index (χ3n) is 5.44. The second kappa shape index (κ2) is 9.84. The number of rotatable bonds is 6. The number of piperidine rings is 1. The normalized spacial score (nSPS) is 20.3. The molecule has 1 amide bonds. The number of halogens is 1. The topological polar surface area (TPSA) is 32.3 Å². The molecule has 1 N–H and O–H groups in total. The predicted octanol–water partition coefficient (Wildman–Crippen LogP) is 4.36. The maximum atomic E-state index is 13.3. The Hall–Kier alpha value is -0.710. The van der Waals surface area contributed by atoms with Crippen molar-refractivity contribution in [3.05, 3.63) is 30.3 Å². The number of amides is 1. The minimum absolute atomic E-state index is 0. The number of thioether (sulfide) groups is 1. The van der Waals surface area contributed by atoms with Gasteiger partial charge in [-0.1, -0.05) is 38.0 Å². The van der Waals surface area contributed by atoms with Gasteiger partial charge in [0.1, 0.15) is 0 Å². The summed E-state index contributed by atoms with van der Waals surface area (Å²) in [5, 5.41) is 3.45. The molecule has 2 aliphatic rings. The molecule has 0 spiro atoms. The summed E-state index contributed by atoms with van der Waals surface area (Å²) in [6.45, 7) is 6.17. The first-order valence-electron chi connectivity index (χ1n) is 9.48. The summed E-state index contributed by atoms with van der Waals surface area (Å²) >= 11 is 1.81. The smallest absolute Gasteiger partial charge is 0.239 e. The number of hydrogen-bond donors (Lipinski definition) is 1. The zero-order valence-electron chi connectivity index (χ0n) is 15.2. The molecular weight excluding hydrogens is 352 g/mol. The number of likely N-dealkylation sites (tertiary alicyclic amines) is 1. The van der Waals surface area contributed by atoms with E-state index in [0.29, 0.717) is 5.91 Å². The van der Waals surface area contributed by atoms with Crippen molar-refractivity contribution in [1.29, 1.82) is 0 Å². The first kappa shape index (κ1) is 20.6. The minimum atomic E-state index is -0.212. The third-order valence-corrected chi connectivity index (χ3v) is 6.92. The molecule has 0 radical (unpaired) electrons. The minimum Gasteiger partial charge on any atom is -0.341 e. The SMILES string of the molecule is CCNCC1CCN(C(=O)C2(Sc3ccccc3)CCCC2)CC1.Cl. The van der Waals surface area contributed by atoms with Gasteiger partial charge in [0.25, 0.3) is 0 Å². The van der Waals surface area contributed by atoms with Crippen LogP contribution in [0, 0.1) is 5.92 Å². The molecule has 0 atom stereocenters. The molecule has 5 heteroatoms. The Morgan fingerprint density at radius 1 is 1.20 bits per heavy atom. The largest absolute Gasteiger partial charge is 0.341 e. The molecular formula is C20H31ClN2OS. The van der Waals surface area contributed by atoms with Crippen LogP contribution in [0.5, 0.6) is 0 Å². The summed E-state index contributed by atoms with van der Waals surface area (Å²) in [6, 6.07) is 10.5. The van der Waals surface area contributed by atoms with Gasteiger partial charge in [0.05, 0.1) is 4.75 Å². The van der Waals surface area contributed by atoms with Gasteiger partial charge in [0, 0.05) is 18.0 Å². The van der Waals surface area contributed by atoms with Crippen LogP contribution in [0.4, 0.5) is 0 Å². The summed E-state index contributed by atoms with van der Waals surface area (Å²) in [5.41, 5.74) is 0. The first-order chi connectivity index (χ1) is 11.7. The number of hydrogen-bond acceptors (Lipinski definition) is 3. The average molecular weight is 383 g/mol. The summed E-state index contributed by atoms with van der Waals surface area (Å²) in [7, 11) is 0. The second-order valence-corrected chi connectivity index (χ2v) is 8.62. The molecule has 1 aromatic carbocycles. The molecule has 1 heterocycles. The predicted molar refractivity (Wildman–Crippen MR) is 109 cm³/mol. The molecule has 3 nitrogen and oxygen atoms in total. The monoisotopic (exact) mass is 382 g/mol. The standard InChI is InChI=1S/C20H30N2OS.ClH/c1-2-21-16-17-10-14-22(15-11-17)19(23)20(12-6-7-13-20)24-18-8-4-3-5-9-18;/h3-5,8-9,17,21H,2,6-7,10-16H2,1H3;1H. The first-order valence-corrected chi connectivity index (χ1v) is 10.3. The van der Waals surface area contributed by atoms with E-state index in [1.54, 1.807) is 0 Å². The number of carbonyl (C=O) groups is 1. The van der Waals surface area contributed by atoms with Crippen molar-refractivity contribution in [3.8, 4) is 0 Å². The van der Waals surface area contributed by atoms with Crippen molar-refractivity contribution in [1.82, 2.24) is 10.2 Å². The van der Waals surface area contributed by atoms with E-state index in [0.717, 1.165) is 57.8 Å².